The number of esters is 1. The summed E-state index contributed by atoms with van der Waals surface area (Å²) in [6, 6.07) is 9.56. The summed E-state index contributed by atoms with van der Waals surface area (Å²) in [4.78, 5) is 11.8. The van der Waals surface area contributed by atoms with E-state index in [1.54, 1.807) is 31.2 Å². The Bertz CT molecular complexity index is 671. The molecule has 0 aliphatic rings. The highest BCUT2D eigenvalue weighted by Gasteiger charge is 2.15. The molecular weight excluding hydrogens is 273 g/mol. The van der Waals surface area contributed by atoms with E-state index in [1.165, 1.54) is 19.2 Å². The maximum Gasteiger partial charge on any atom is 0.340 e. The number of benzene rings is 2. The first-order chi connectivity index (χ1) is 10.0. The fraction of sp³-hybridized carbons (Fsp3) is 0.188. The van der Waals surface area contributed by atoms with Crippen molar-refractivity contribution in [2.24, 2.45) is 0 Å². The van der Waals surface area contributed by atoms with Crippen molar-refractivity contribution in [3.8, 4) is 5.75 Å². The highest BCUT2D eigenvalue weighted by Crippen LogP contribution is 2.22. The normalized spacial score (nSPS) is 10.2. The molecule has 21 heavy (non-hydrogen) atoms. The molecule has 2 N–H and O–H groups in total. The molecule has 0 aliphatic heterocycles. The zero-order valence-electron chi connectivity index (χ0n) is 11.9. The first-order valence-electron chi connectivity index (χ1n) is 6.37. The maximum absolute atomic E-state index is 13.2. The molecule has 2 aromatic rings. The van der Waals surface area contributed by atoms with E-state index in [2.05, 4.69) is 0 Å². The third-order valence-corrected chi connectivity index (χ3v) is 3.10. The Kier molecular flexibility index (Phi) is 4.42. The molecule has 0 atom stereocenters. The Labute approximate surface area is 122 Å². The fourth-order valence-electron chi connectivity index (χ4n) is 1.96. The number of nitrogen functional groups attached to an aromatic ring is 1. The van der Waals surface area contributed by atoms with Gasteiger partial charge >= 0.3 is 5.97 Å². The van der Waals surface area contributed by atoms with E-state index < -0.39 is 5.97 Å². The van der Waals surface area contributed by atoms with Crippen molar-refractivity contribution < 1.29 is 18.7 Å². The van der Waals surface area contributed by atoms with Crippen molar-refractivity contribution in [1.29, 1.82) is 0 Å². The molecule has 0 spiro atoms. The van der Waals surface area contributed by atoms with Crippen LogP contribution in [0.5, 0.6) is 5.75 Å². The van der Waals surface area contributed by atoms with Gasteiger partial charge in [-0.15, -0.1) is 0 Å². The number of hydrogen-bond acceptors (Lipinski definition) is 4. The van der Waals surface area contributed by atoms with E-state index in [0.717, 1.165) is 0 Å². The SMILES string of the molecule is COC(=O)c1c(N)cccc1COc1ccc(F)c(C)c1. The van der Waals surface area contributed by atoms with Crippen LogP contribution in [0, 0.1) is 12.7 Å². The molecule has 0 fully saturated rings. The zero-order valence-corrected chi connectivity index (χ0v) is 11.9. The predicted octanol–water partition coefficient (Wildman–Crippen LogP) is 3.08. The fourth-order valence-corrected chi connectivity index (χ4v) is 1.96. The Hall–Kier alpha value is -2.56. The van der Waals surface area contributed by atoms with Crippen LogP contribution in [0.3, 0.4) is 0 Å². The monoisotopic (exact) mass is 289 g/mol. The lowest BCUT2D eigenvalue weighted by Gasteiger charge is -2.12. The number of aryl methyl sites for hydroxylation is 1. The molecule has 0 bridgehead atoms. The van der Waals surface area contributed by atoms with Crippen molar-refractivity contribution in [1.82, 2.24) is 0 Å². The largest absolute Gasteiger partial charge is 0.489 e. The molecule has 110 valence electrons. The van der Waals surface area contributed by atoms with Gasteiger partial charge in [0, 0.05) is 11.3 Å². The smallest absolute Gasteiger partial charge is 0.340 e. The Morgan fingerprint density at radius 2 is 2.05 bits per heavy atom. The second-order valence-corrected chi connectivity index (χ2v) is 4.57. The number of carbonyl (C=O) groups excluding carboxylic acids is 1. The van der Waals surface area contributed by atoms with Gasteiger partial charge in [-0.05, 0) is 36.8 Å². The van der Waals surface area contributed by atoms with Gasteiger partial charge in [0.1, 0.15) is 18.2 Å². The van der Waals surface area contributed by atoms with Gasteiger partial charge in [0.05, 0.1) is 12.7 Å². The zero-order chi connectivity index (χ0) is 15.4. The molecule has 0 radical (unpaired) electrons. The van der Waals surface area contributed by atoms with Crippen molar-refractivity contribution >= 4 is 11.7 Å². The van der Waals surface area contributed by atoms with E-state index >= 15 is 0 Å². The molecule has 4 nitrogen and oxygen atoms in total. The summed E-state index contributed by atoms with van der Waals surface area (Å²) in [5.74, 6) is -0.282. The number of anilines is 1. The Balaban J connectivity index is 2.22. The molecule has 2 aromatic carbocycles. The van der Waals surface area contributed by atoms with Gasteiger partial charge in [0.15, 0.2) is 0 Å². The lowest BCUT2D eigenvalue weighted by Crippen LogP contribution is -2.11. The maximum atomic E-state index is 13.2. The summed E-state index contributed by atoms with van der Waals surface area (Å²) in [7, 11) is 1.29. The number of hydrogen-bond donors (Lipinski definition) is 1. The first kappa shape index (κ1) is 14.8. The lowest BCUT2D eigenvalue weighted by molar-refractivity contribution is 0.0599. The minimum Gasteiger partial charge on any atom is -0.489 e. The molecule has 0 amide bonds. The summed E-state index contributed by atoms with van der Waals surface area (Å²) in [6.45, 7) is 1.79. The highest BCUT2D eigenvalue weighted by molar-refractivity contribution is 5.96. The van der Waals surface area contributed by atoms with Gasteiger partial charge in [-0.3, -0.25) is 0 Å². The second-order valence-electron chi connectivity index (χ2n) is 4.57. The topological polar surface area (TPSA) is 61.5 Å². The molecule has 0 aromatic heterocycles. The van der Waals surface area contributed by atoms with Crippen LogP contribution in [0.4, 0.5) is 10.1 Å². The van der Waals surface area contributed by atoms with E-state index in [9.17, 15) is 9.18 Å². The number of halogens is 1. The summed E-state index contributed by atoms with van der Waals surface area (Å²) >= 11 is 0. The highest BCUT2D eigenvalue weighted by atomic mass is 19.1. The van der Waals surface area contributed by atoms with Crippen molar-refractivity contribution in [2.75, 3.05) is 12.8 Å². The molecular formula is C16H16FNO3. The van der Waals surface area contributed by atoms with Gasteiger partial charge in [-0.25, -0.2) is 9.18 Å². The minimum atomic E-state index is -0.512. The molecule has 0 unspecified atom stereocenters. The van der Waals surface area contributed by atoms with Crippen LogP contribution in [0.1, 0.15) is 21.5 Å². The predicted molar refractivity (Wildman–Crippen MR) is 77.7 cm³/mol. The molecule has 5 heteroatoms. The number of methoxy groups -OCH3 is 1. The van der Waals surface area contributed by atoms with Crippen molar-refractivity contribution in [2.45, 2.75) is 13.5 Å². The number of carbonyl (C=O) groups is 1. The second kappa shape index (κ2) is 6.26. The third-order valence-electron chi connectivity index (χ3n) is 3.10. The summed E-state index contributed by atoms with van der Waals surface area (Å²) in [5, 5.41) is 0. The lowest BCUT2D eigenvalue weighted by atomic mass is 10.1. The summed E-state index contributed by atoms with van der Waals surface area (Å²) in [5.41, 5.74) is 7.54. The van der Waals surface area contributed by atoms with Crippen LogP contribution >= 0.6 is 0 Å². The van der Waals surface area contributed by atoms with E-state index in [0.29, 0.717) is 28.1 Å². The van der Waals surface area contributed by atoms with Crippen LogP contribution in [-0.2, 0) is 11.3 Å². The Morgan fingerprint density at radius 1 is 1.29 bits per heavy atom. The van der Waals surface area contributed by atoms with E-state index in [4.69, 9.17) is 15.2 Å². The molecule has 0 heterocycles. The van der Waals surface area contributed by atoms with Crippen molar-refractivity contribution in [3.05, 3.63) is 58.9 Å². The third kappa shape index (κ3) is 3.31. The van der Waals surface area contributed by atoms with Gasteiger partial charge < -0.3 is 15.2 Å². The minimum absolute atomic E-state index is 0.139. The van der Waals surface area contributed by atoms with Crippen LogP contribution < -0.4 is 10.5 Å². The quantitative estimate of drug-likeness (QED) is 0.694. The number of rotatable bonds is 4. The van der Waals surface area contributed by atoms with Crippen LogP contribution in [0.15, 0.2) is 36.4 Å². The van der Waals surface area contributed by atoms with Crippen LogP contribution in [0.2, 0.25) is 0 Å². The average Bonchev–Trinajstić information content (AvgIpc) is 2.48. The van der Waals surface area contributed by atoms with E-state index in [-0.39, 0.29) is 12.4 Å². The molecule has 0 aliphatic carbocycles. The van der Waals surface area contributed by atoms with Crippen LogP contribution in [0.25, 0.3) is 0 Å². The first-order valence-corrected chi connectivity index (χ1v) is 6.37. The standard InChI is InChI=1S/C16H16FNO3/c1-10-8-12(6-7-13(10)17)21-9-11-4-3-5-14(18)15(11)16(19)20-2/h3-8H,9,18H2,1-2H3. The number of ether oxygens (including phenoxy) is 2. The van der Waals surface area contributed by atoms with Crippen molar-refractivity contribution in [3.63, 3.8) is 0 Å². The molecule has 2 rings (SSSR count). The van der Waals surface area contributed by atoms with Gasteiger partial charge in [0.2, 0.25) is 0 Å². The van der Waals surface area contributed by atoms with Gasteiger partial charge in [-0.2, -0.15) is 0 Å². The van der Waals surface area contributed by atoms with E-state index in [1.807, 2.05) is 0 Å². The summed E-state index contributed by atoms with van der Waals surface area (Å²) < 4.78 is 23.5. The average molecular weight is 289 g/mol. The number of nitrogens with two attached hydrogens (primary N) is 1. The molecule has 0 saturated carbocycles. The Morgan fingerprint density at radius 3 is 2.71 bits per heavy atom. The van der Waals surface area contributed by atoms with Crippen LogP contribution in [-0.4, -0.2) is 13.1 Å². The molecule has 0 saturated heterocycles. The van der Waals surface area contributed by atoms with Gasteiger partial charge in [-0.1, -0.05) is 12.1 Å². The van der Waals surface area contributed by atoms with Gasteiger partial charge in [0.25, 0.3) is 0 Å². The summed E-state index contributed by atoms with van der Waals surface area (Å²) in [6.07, 6.45) is 0.